The van der Waals surface area contributed by atoms with Crippen molar-refractivity contribution in [2.75, 3.05) is 27.9 Å². The molecule has 1 aromatic carbocycles. The number of carbonyl (C=O) groups is 2. The maximum atomic E-state index is 12.1. The number of amides is 1. The highest BCUT2D eigenvalue weighted by Gasteiger charge is 2.33. The van der Waals surface area contributed by atoms with Gasteiger partial charge in [0, 0.05) is 6.08 Å². The number of methoxy groups -OCH3 is 3. The van der Waals surface area contributed by atoms with E-state index in [1.165, 1.54) is 33.5 Å². The van der Waals surface area contributed by atoms with Crippen LogP contribution in [-0.2, 0) is 14.3 Å². The molecule has 0 atom stereocenters. The fourth-order valence-corrected chi connectivity index (χ4v) is 3.27. The SMILES string of the molecule is COc1cc(/C=C/C(=O)OCC(=O)NC2(C#N)CCCCC2)cc(OC)c1OC. The van der Waals surface area contributed by atoms with Crippen molar-refractivity contribution in [1.82, 2.24) is 5.32 Å². The first kappa shape index (κ1) is 22.1. The third-order valence-electron chi connectivity index (χ3n) is 4.74. The Hall–Kier alpha value is -3.21. The zero-order chi connectivity index (χ0) is 21.3. The van der Waals surface area contributed by atoms with Crippen molar-refractivity contribution in [2.24, 2.45) is 0 Å². The van der Waals surface area contributed by atoms with Crippen molar-refractivity contribution in [3.05, 3.63) is 23.8 Å². The summed E-state index contributed by atoms with van der Waals surface area (Å²) in [4.78, 5) is 24.0. The number of benzene rings is 1. The molecule has 1 saturated carbocycles. The monoisotopic (exact) mass is 402 g/mol. The highest BCUT2D eigenvalue weighted by atomic mass is 16.5. The van der Waals surface area contributed by atoms with E-state index in [0.29, 0.717) is 35.7 Å². The van der Waals surface area contributed by atoms with E-state index in [9.17, 15) is 14.9 Å². The Labute approximate surface area is 170 Å². The molecule has 0 radical (unpaired) electrons. The van der Waals surface area contributed by atoms with Crippen LogP contribution in [0.1, 0.15) is 37.7 Å². The average Bonchev–Trinajstić information content (AvgIpc) is 2.75. The minimum Gasteiger partial charge on any atom is -0.493 e. The molecule has 0 aromatic heterocycles. The maximum absolute atomic E-state index is 12.1. The van der Waals surface area contributed by atoms with Crippen LogP contribution in [0.5, 0.6) is 17.2 Å². The van der Waals surface area contributed by atoms with Crippen LogP contribution in [0.3, 0.4) is 0 Å². The van der Waals surface area contributed by atoms with Gasteiger partial charge in [0.2, 0.25) is 5.75 Å². The highest BCUT2D eigenvalue weighted by Crippen LogP contribution is 2.38. The van der Waals surface area contributed by atoms with Gasteiger partial charge < -0.3 is 24.3 Å². The third-order valence-corrected chi connectivity index (χ3v) is 4.74. The lowest BCUT2D eigenvalue weighted by Gasteiger charge is -2.31. The first-order valence-corrected chi connectivity index (χ1v) is 9.34. The van der Waals surface area contributed by atoms with E-state index in [1.807, 2.05) is 0 Å². The van der Waals surface area contributed by atoms with Crippen LogP contribution in [-0.4, -0.2) is 45.4 Å². The number of hydrogen-bond donors (Lipinski definition) is 1. The third kappa shape index (κ3) is 5.88. The first-order valence-electron chi connectivity index (χ1n) is 9.34. The standard InChI is InChI=1S/C21H26N2O6/c1-26-16-11-15(12-17(27-2)20(16)28-3)7-8-19(25)29-13-18(24)23-21(14-22)9-5-4-6-10-21/h7-8,11-12H,4-6,9-10,13H2,1-3H3,(H,23,24)/b8-7+. The van der Waals surface area contributed by atoms with Crippen LogP contribution in [0.25, 0.3) is 6.08 Å². The number of esters is 1. The summed E-state index contributed by atoms with van der Waals surface area (Å²) < 4.78 is 20.8. The molecule has 0 bridgehead atoms. The number of nitrogens with one attached hydrogen (secondary N) is 1. The Bertz CT molecular complexity index is 781. The van der Waals surface area contributed by atoms with Crippen LogP contribution < -0.4 is 19.5 Å². The van der Waals surface area contributed by atoms with Crippen LogP contribution in [0.2, 0.25) is 0 Å². The molecule has 8 heteroatoms. The Morgan fingerprint density at radius 3 is 2.24 bits per heavy atom. The van der Waals surface area contributed by atoms with Gasteiger partial charge in [0.1, 0.15) is 5.54 Å². The molecule has 0 heterocycles. The van der Waals surface area contributed by atoms with Gasteiger partial charge in [-0.25, -0.2) is 4.79 Å². The minimum absolute atomic E-state index is 0.443. The molecule has 0 saturated heterocycles. The quantitative estimate of drug-likeness (QED) is 0.526. The second-order valence-corrected chi connectivity index (χ2v) is 6.70. The molecular formula is C21H26N2O6. The molecule has 1 aliphatic carbocycles. The second-order valence-electron chi connectivity index (χ2n) is 6.70. The number of hydrogen-bond acceptors (Lipinski definition) is 7. The summed E-state index contributed by atoms with van der Waals surface area (Å²) in [5.41, 5.74) is -0.222. The van der Waals surface area contributed by atoms with Crippen molar-refractivity contribution in [2.45, 2.75) is 37.6 Å². The van der Waals surface area contributed by atoms with Gasteiger partial charge >= 0.3 is 5.97 Å². The Kier molecular flexibility index (Phi) is 7.89. The summed E-state index contributed by atoms with van der Waals surface area (Å²) >= 11 is 0. The van der Waals surface area contributed by atoms with Gasteiger partial charge in [-0.3, -0.25) is 4.79 Å². The lowest BCUT2D eigenvalue weighted by Crippen LogP contribution is -2.49. The highest BCUT2D eigenvalue weighted by molar-refractivity contribution is 5.89. The molecule has 1 aromatic rings. The predicted molar refractivity (Wildman–Crippen MR) is 106 cm³/mol. The summed E-state index contributed by atoms with van der Waals surface area (Å²) in [7, 11) is 4.50. The van der Waals surface area contributed by atoms with Crippen molar-refractivity contribution < 1.29 is 28.5 Å². The summed E-state index contributed by atoms with van der Waals surface area (Å²) in [6.07, 6.45) is 6.79. The summed E-state index contributed by atoms with van der Waals surface area (Å²) in [5.74, 6) is 0.189. The molecule has 0 spiro atoms. The Balaban J connectivity index is 1.94. The van der Waals surface area contributed by atoms with Gasteiger partial charge in [-0.2, -0.15) is 5.26 Å². The van der Waals surface area contributed by atoms with Crippen LogP contribution in [0, 0.1) is 11.3 Å². The van der Waals surface area contributed by atoms with E-state index in [4.69, 9.17) is 18.9 Å². The fraction of sp³-hybridized carbons (Fsp3) is 0.476. The number of ether oxygens (including phenoxy) is 4. The van der Waals surface area contributed by atoms with Crippen molar-refractivity contribution >= 4 is 18.0 Å². The second kappa shape index (κ2) is 10.4. The number of rotatable bonds is 8. The largest absolute Gasteiger partial charge is 0.493 e. The molecule has 0 unspecified atom stereocenters. The van der Waals surface area contributed by atoms with E-state index >= 15 is 0 Å². The van der Waals surface area contributed by atoms with Crippen LogP contribution in [0.4, 0.5) is 0 Å². The molecule has 1 fully saturated rings. The molecule has 0 aliphatic heterocycles. The fourth-order valence-electron chi connectivity index (χ4n) is 3.27. The lowest BCUT2D eigenvalue weighted by molar-refractivity contribution is -0.144. The molecule has 1 N–H and O–H groups in total. The van der Waals surface area contributed by atoms with Gasteiger partial charge in [-0.1, -0.05) is 19.3 Å². The molecule has 1 amide bonds. The van der Waals surface area contributed by atoms with Crippen LogP contribution in [0.15, 0.2) is 18.2 Å². The lowest BCUT2D eigenvalue weighted by atomic mass is 9.83. The van der Waals surface area contributed by atoms with Crippen LogP contribution >= 0.6 is 0 Å². The molecule has 2 rings (SSSR count). The Morgan fingerprint density at radius 1 is 1.10 bits per heavy atom. The summed E-state index contributed by atoms with van der Waals surface area (Å²) in [6.45, 7) is -0.443. The Morgan fingerprint density at radius 2 is 1.72 bits per heavy atom. The van der Waals surface area contributed by atoms with E-state index in [1.54, 1.807) is 12.1 Å². The van der Waals surface area contributed by atoms with Gasteiger partial charge in [-0.05, 0) is 36.6 Å². The minimum atomic E-state index is -0.853. The number of nitriles is 1. The van der Waals surface area contributed by atoms with Crippen molar-refractivity contribution in [3.8, 4) is 23.3 Å². The smallest absolute Gasteiger partial charge is 0.331 e. The zero-order valence-corrected chi connectivity index (χ0v) is 16.9. The molecule has 156 valence electrons. The molecule has 29 heavy (non-hydrogen) atoms. The van der Waals surface area contributed by atoms with Gasteiger partial charge in [0.05, 0.1) is 27.4 Å². The zero-order valence-electron chi connectivity index (χ0n) is 16.9. The predicted octanol–water partition coefficient (Wildman–Crippen LogP) is 2.61. The van der Waals surface area contributed by atoms with E-state index < -0.39 is 24.0 Å². The van der Waals surface area contributed by atoms with Gasteiger partial charge in [-0.15, -0.1) is 0 Å². The molecule has 1 aliphatic rings. The van der Waals surface area contributed by atoms with Gasteiger partial charge in [0.15, 0.2) is 18.1 Å². The summed E-state index contributed by atoms with van der Waals surface area (Å²) in [5, 5.41) is 12.1. The molecular weight excluding hydrogens is 376 g/mol. The molecule has 8 nitrogen and oxygen atoms in total. The first-order chi connectivity index (χ1) is 14.0. The summed E-state index contributed by atoms with van der Waals surface area (Å²) in [6, 6.07) is 5.55. The van der Waals surface area contributed by atoms with Gasteiger partial charge in [0.25, 0.3) is 5.91 Å². The topological polar surface area (TPSA) is 107 Å². The van der Waals surface area contributed by atoms with Crippen molar-refractivity contribution in [1.29, 1.82) is 5.26 Å². The number of carbonyl (C=O) groups excluding carboxylic acids is 2. The van der Waals surface area contributed by atoms with Crippen molar-refractivity contribution in [3.63, 3.8) is 0 Å². The maximum Gasteiger partial charge on any atom is 0.331 e. The van der Waals surface area contributed by atoms with E-state index in [0.717, 1.165) is 19.3 Å². The average molecular weight is 402 g/mol. The van der Waals surface area contributed by atoms with E-state index in [2.05, 4.69) is 11.4 Å². The normalized spacial score (nSPS) is 15.2. The number of nitrogens with zero attached hydrogens (tertiary/aromatic N) is 1. The van der Waals surface area contributed by atoms with E-state index in [-0.39, 0.29) is 0 Å².